The lowest BCUT2D eigenvalue weighted by Gasteiger charge is -2.29. The zero-order valence-corrected chi connectivity index (χ0v) is 10.6. The fraction of sp³-hybridized carbons (Fsp3) is 0.917. The third-order valence-electron chi connectivity index (χ3n) is 4.12. The third kappa shape index (κ3) is 2.32. The van der Waals surface area contributed by atoms with Gasteiger partial charge in [0.05, 0.1) is 31.8 Å². The Morgan fingerprint density at radius 2 is 2.29 bits per heavy atom. The van der Waals surface area contributed by atoms with Gasteiger partial charge in [-0.15, -0.1) is 0 Å². The van der Waals surface area contributed by atoms with Crippen molar-refractivity contribution in [3.8, 4) is 0 Å². The van der Waals surface area contributed by atoms with Gasteiger partial charge in [-0.2, -0.15) is 0 Å². The summed E-state index contributed by atoms with van der Waals surface area (Å²) >= 11 is 0. The molecule has 0 aromatic carbocycles. The van der Waals surface area contributed by atoms with Crippen LogP contribution in [0.1, 0.15) is 13.3 Å². The van der Waals surface area contributed by atoms with Gasteiger partial charge in [0.25, 0.3) is 0 Å². The molecule has 5 nitrogen and oxygen atoms in total. The minimum absolute atomic E-state index is 0.0133. The number of rotatable bonds is 3. The predicted octanol–water partition coefficient (Wildman–Crippen LogP) is -0.550. The number of carbonyl (C=O) groups excluding carboxylic acids is 1. The van der Waals surface area contributed by atoms with Gasteiger partial charge in [-0.3, -0.25) is 4.79 Å². The van der Waals surface area contributed by atoms with Crippen LogP contribution in [0.2, 0.25) is 0 Å². The van der Waals surface area contributed by atoms with Crippen LogP contribution in [0.25, 0.3) is 0 Å². The molecule has 0 aliphatic carbocycles. The van der Waals surface area contributed by atoms with E-state index in [2.05, 4.69) is 12.2 Å². The van der Waals surface area contributed by atoms with Gasteiger partial charge in [0.15, 0.2) is 0 Å². The molecule has 0 aromatic rings. The van der Waals surface area contributed by atoms with Gasteiger partial charge in [0.1, 0.15) is 0 Å². The van der Waals surface area contributed by atoms with E-state index < -0.39 is 0 Å². The molecule has 98 valence electrons. The Balaban J connectivity index is 2.04. The van der Waals surface area contributed by atoms with Crippen LogP contribution in [0.15, 0.2) is 0 Å². The van der Waals surface area contributed by atoms with Crippen LogP contribution in [-0.2, 0) is 9.53 Å². The Labute approximate surface area is 102 Å². The van der Waals surface area contributed by atoms with Crippen LogP contribution in [-0.4, -0.2) is 61.4 Å². The summed E-state index contributed by atoms with van der Waals surface area (Å²) < 4.78 is 5.36. The molecule has 2 heterocycles. The van der Waals surface area contributed by atoms with Crippen molar-refractivity contribution in [2.45, 2.75) is 25.4 Å². The van der Waals surface area contributed by atoms with E-state index in [1.54, 1.807) is 0 Å². The molecule has 4 atom stereocenters. The minimum Gasteiger partial charge on any atom is -0.394 e. The lowest BCUT2D eigenvalue weighted by Crippen LogP contribution is -2.48. The average Bonchev–Trinajstić information content (AvgIpc) is 2.93. The van der Waals surface area contributed by atoms with Crippen LogP contribution < -0.4 is 5.32 Å². The number of ether oxygens (including phenoxy) is 1. The second kappa shape index (κ2) is 5.33. The molecule has 2 aliphatic heterocycles. The van der Waals surface area contributed by atoms with E-state index >= 15 is 0 Å². The van der Waals surface area contributed by atoms with Crippen LogP contribution in [0.5, 0.6) is 0 Å². The number of hydrogen-bond acceptors (Lipinski definition) is 4. The summed E-state index contributed by atoms with van der Waals surface area (Å²) in [6, 6.07) is 0.0957. The van der Waals surface area contributed by atoms with E-state index in [0.29, 0.717) is 19.1 Å². The smallest absolute Gasteiger partial charge is 0.230 e. The predicted molar refractivity (Wildman–Crippen MR) is 63.5 cm³/mol. The Bertz CT molecular complexity index is 285. The number of amides is 1. The molecule has 2 fully saturated rings. The zero-order chi connectivity index (χ0) is 12.4. The number of likely N-dealkylation sites (tertiary alicyclic amines) is 1. The standard InChI is InChI=1S/C12H22N2O3/c1-8-3-4-14(11(8)5-15)12(16)9-6-17-7-10(9)13-2/h8-11,13,15H,3-7H2,1-2H3. The maximum absolute atomic E-state index is 12.4. The first-order chi connectivity index (χ1) is 8.19. The number of aliphatic hydroxyl groups excluding tert-OH is 1. The van der Waals surface area contributed by atoms with E-state index in [1.807, 2.05) is 11.9 Å². The summed E-state index contributed by atoms with van der Waals surface area (Å²) in [6.07, 6.45) is 0.981. The summed E-state index contributed by atoms with van der Waals surface area (Å²) in [6.45, 7) is 4.01. The van der Waals surface area contributed by atoms with Crippen molar-refractivity contribution >= 4 is 5.91 Å². The molecule has 5 heteroatoms. The van der Waals surface area contributed by atoms with Crippen molar-refractivity contribution in [3.63, 3.8) is 0 Å². The molecule has 2 saturated heterocycles. The van der Waals surface area contributed by atoms with E-state index in [-0.39, 0.29) is 30.5 Å². The Morgan fingerprint density at radius 3 is 2.94 bits per heavy atom. The number of carbonyl (C=O) groups is 1. The Hall–Kier alpha value is -0.650. The minimum atomic E-state index is -0.0978. The first-order valence-electron chi connectivity index (χ1n) is 6.35. The molecular formula is C12H22N2O3. The fourth-order valence-corrected chi connectivity index (χ4v) is 2.86. The van der Waals surface area contributed by atoms with Crippen LogP contribution in [0, 0.1) is 11.8 Å². The number of nitrogens with one attached hydrogen (secondary N) is 1. The van der Waals surface area contributed by atoms with Gasteiger partial charge in [0.2, 0.25) is 5.91 Å². The van der Waals surface area contributed by atoms with Gasteiger partial charge >= 0.3 is 0 Å². The van der Waals surface area contributed by atoms with Crippen LogP contribution in [0.3, 0.4) is 0 Å². The number of hydrogen-bond donors (Lipinski definition) is 2. The van der Waals surface area contributed by atoms with E-state index in [1.165, 1.54) is 0 Å². The van der Waals surface area contributed by atoms with E-state index in [0.717, 1.165) is 13.0 Å². The summed E-state index contributed by atoms with van der Waals surface area (Å²) in [5.74, 6) is 0.420. The summed E-state index contributed by atoms with van der Waals surface area (Å²) in [5.41, 5.74) is 0. The van der Waals surface area contributed by atoms with E-state index in [9.17, 15) is 9.90 Å². The lowest BCUT2D eigenvalue weighted by molar-refractivity contribution is -0.138. The Kier molecular flexibility index (Phi) is 4.01. The van der Waals surface area contributed by atoms with Gasteiger partial charge in [-0.05, 0) is 19.4 Å². The summed E-state index contributed by atoms with van der Waals surface area (Å²) in [5, 5.41) is 12.5. The molecule has 4 unspecified atom stereocenters. The van der Waals surface area contributed by atoms with Gasteiger partial charge in [-0.25, -0.2) is 0 Å². The van der Waals surface area contributed by atoms with E-state index in [4.69, 9.17) is 4.74 Å². The largest absolute Gasteiger partial charge is 0.394 e. The fourth-order valence-electron chi connectivity index (χ4n) is 2.86. The normalized spacial score (nSPS) is 37.7. The van der Waals surface area contributed by atoms with Gasteiger partial charge in [-0.1, -0.05) is 6.92 Å². The van der Waals surface area contributed by atoms with Crippen molar-refractivity contribution in [2.24, 2.45) is 11.8 Å². The van der Waals surface area contributed by atoms with Crippen molar-refractivity contribution in [3.05, 3.63) is 0 Å². The molecule has 17 heavy (non-hydrogen) atoms. The molecular weight excluding hydrogens is 220 g/mol. The van der Waals surface area contributed by atoms with Crippen molar-refractivity contribution in [1.82, 2.24) is 10.2 Å². The second-order valence-corrected chi connectivity index (χ2v) is 5.09. The molecule has 2 N–H and O–H groups in total. The molecule has 2 rings (SSSR count). The number of likely N-dealkylation sites (N-methyl/N-ethyl adjacent to an activating group) is 1. The highest BCUT2D eigenvalue weighted by molar-refractivity contribution is 5.80. The first-order valence-corrected chi connectivity index (χ1v) is 6.35. The SMILES string of the molecule is CNC1COCC1C(=O)N1CCC(C)C1CO. The highest BCUT2D eigenvalue weighted by atomic mass is 16.5. The Morgan fingerprint density at radius 1 is 1.53 bits per heavy atom. The summed E-state index contributed by atoms with van der Waals surface area (Å²) in [4.78, 5) is 14.3. The van der Waals surface area contributed by atoms with Crippen LogP contribution >= 0.6 is 0 Å². The molecule has 0 radical (unpaired) electrons. The van der Waals surface area contributed by atoms with Crippen molar-refractivity contribution < 1.29 is 14.6 Å². The third-order valence-corrected chi connectivity index (χ3v) is 4.12. The monoisotopic (exact) mass is 242 g/mol. The topological polar surface area (TPSA) is 61.8 Å². The van der Waals surface area contributed by atoms with Crippen LogP contribution in [0.4, 0.5) is 0 Å². The second-order valence-electron chi connectivity index (χ2n) is 5.09. The first kappa shape index (κ1) is 12.8. The molecule has 0 saturated carbocycles. The molecule has 0 bridgehead atoms. The highest BCUT2D eigenvalue weighted by Crippen LogP contribution is 2.27. The molecule has 1 amide bonds. The van der Waals surface area contributed by atoms with Gasteiger partial charge < -0.3 is 20.1 Å². The van der Waals surface area contributed by atoms with Gasteiger partial charge in [0, 0.05) is 12.6 Å². The average molecular weight is 242 g/mol. The maximum Gasteiger partial charge on any atom is 0.230 e. The quantitative estimate of drug-likeness (QED) is 0.697. The van der Waals surface area contributed by atoms with Crippen molar-refractivity contribution in [2.75, 3.05) is 33.4 Å². The molecule has 0 aromatic heterocycles. The maximum atomic E-state index is 12.4. The summed E-state index contributed by atoms with van der Waals surface area (Å²) in [7, 11) is 1.86. The lowest BCUT2D eigenvalue weighted by atomic mass is 10.00. The van der Waals surface area contributed by atoms with Crippen molar-refractivity contribution in [1.29, 1.82) is 0 Å². The number of aliphatic hydroxyl groups is 1. The number of nitrogens with zero attached hydrogens (tertiary/aromatic N) is 1. The highest BCUT2D eigenvalue weighted by Gasteiger charge is 2.41. The molecule has 0 spiro atoms. The molecule has 2 aliphatic rings. The zero-order valence-electron chi connectivity index (χ0n) is 10.6.